The maximum Gasteiger partial charge on any atom is 0.0447 e. The summed E-state index contributed by atoms with van der Waals surface area (Å²) in [5.41, 5.74) is 4.08. The number of benzene rings is 1. The van der Waals surface area contributed by atoms with E-state index in [1.165, 1.54) is 36.1 Å². The minimum atomic E-state index is 0.276. The number of aliphatic hydroxyl groups excluding tert-OH is 1. The van der Waals surface area contributed by atoms with Gasteiger partial charge < -0.3 is 15.3 Å². The van der Waals surface area contributed by atoms with Crippen LogP contribution in [-0.2, 0) is 6.54 Å². The Kier molecular flexibility index (Phi) is 6.52. The fourth-order valence-corrected chi connectivity index (χ4v) is 2.98. The summed E-state index contributed by atoms with van der Waals surface area (Å²) in [4.78, 5) is 2.53. The SMILES string of the molecule is CCCNCc1cc(C)ccc1N(CCCO)C1CCC1. The molecule has 2 rings (SSSR count). The minimum absolute atomic E-state index is 0.276. The molecule has 1 aromatic carbocycles. The van der Waals surface area contributed by atoms with Gasteiger partial charge in [-0.15, -0.1) is 0 Å². The largest absolute Gasteiger partial charge is 0.396 e. The summed E-state index contributed by atoms with van der Waals surface area (Å²) in [6.45, 7) is 7.60. The molecule has 0 heterocycles. The van der Waals surface area contributed by atoms with E-state index < -0.39 is 0 Å². The molecule has 1 fully saturated rings. The first-order valence-corrected chi connectivity index (χ1v) is 8.44. The summed E-state index contributed by atoms with van der Waals surface area (Å²) in [6, 6.07) is 7.46. The number of rotatable bonds is 9. The van der Waals surface area contributed by atoms with Crippen molar-refractivity contribution in [2.24, 2.45) is 0 Å². The highest BCUT2D eigenvalue weighted by Gasteiger charge is 2.26. The fraction of sp³-hybridized carbons (Fsp3) is 0.667. The Morgan fingerprint density at radius 1 is 1.33 bits per heavy atom. The molecule has 1 aliphatic carbocycles. The molecule has 3 heteroatoms. The summed E-state index contributed by atoms with van der Waals surface area (Å²) in [6.07, 6.45) is 5.95. The summed E-state index contributed by atoms with van der Waals surface area (Å²) < 4.78 is 0. The van der Waals surface area contributed by atoms with Crippen molar-refractivity contribution in [3.63, 3.8) is 0 Å². The van der Waals surface area contributed by atoms with E-state index in [2.05, 4.69) is 42.3 Å². The molecule has 0 aromatic heterocycles. The molecule has 0 bridgehead atoms. The number of nitrogens with one attached hydrogen (secondary N) is 1. The standard InChI is InChI=1S/C18H30N2O/c1-3-10-19-14-16-13-15(2)8-9-18(16)20(11-5-12-21)17-6-4-7-17/h8-9,13,17,19,21H,3-7,10-12,14H2,1-2H3. The molecule has 0 spiro atoms. The van der Waals surface area contributed by atoms with Crippen molar-refractivity contribution >= 4 is 5.69 Å². The molecule has 0 amide bonds. The highest BCUT2D eigenvalue weighted by Crippen LogP contribution is 2.32. The van der Waals surface area contributed by atoms with Crippen LogP contribution in [0.15, 0.2) is 18.2 Å². The number of hydrogen-bond acceptors (Lipinski definition) is 3. The van der Waals surface area contributed by atoms with Crippen molar-refractivity contribution in [1.82, 2.24) is 5.32 Å². The third kappa shape index (κ3) is 4.45. The molecule has 1 aromatic rings. The van der Waals surface area contributed by atoms with Gasteiger partial charge in [0.25, 0.3) is 0 Å². The first-order valence-electron chi connectivity index (χ1n) is 8.44. The molecule has 0 aliphatic heterocycles. The van der Waals surface area contributed by atoms with Crippen LogP contribution in [0, 0.1) is 6.92 Å². The van der Waals surface area contributed by atoms with Gasteiger partial charge in [0.1, 0.15) is 0 Å². The van der Waals surface area contributed by atoms with Crippen LogP contribution >= 0.6 is 0 Å². The topological polar surface area (TPSA) is 35.5 Å². The Balaban J connectivity index is 2.16. The number of aryl methyl sites for hydroxylation is 1. The molecule has 3 nitrogen and oxygen atoms in total. The zero-order valence-electron chi connectivity index (χ0n) is 13.6. The Hall–Kier alpha value is -1.06. The molecular weight excluding hydrogens is 260 g/mol. The minimum Gasteiger partial charge on any atom is -0.396 e. The van der Waals surface area contributed by atoms with E-state index in [0.717, 1.165) is 32.5 Å². The van der Waals surface area contributed by atoms with Crippen LogP contribution in [0.25, 0.3) is 0 Å². The number of hydrogen-bond donors (Lipinski definition) is 2. The van der Waals surface area contributed by atoms with Gasteiger partial charge in [-0.25, -0.2) is 0 Å². The lowest BCUT2D eigenvalue weighted by molar-refractivity contribution is 0.283. The first kappa shape index (κ1) is 16.3. The predicted molar refractivity (Wildman–Crippen MR) is 89.9 cm³/mol. The van der Waals surface area contributed by atoms with E-state index in [-0.39, 0.29) is 6.61 Å². The molecule has 0 radical (unpaired) electrons. The van der Waals surface area contributed by atoms with Gasteiger partial charge in [-0.1, -0.05) is 24.6 Å². The molecular formula is C18H30N2O. The smallest absolute Gasteiger partial charge is 0.0447 e. The fourth-order valence-electron chi connectivity index (χ4n) is 2.98. The van der Waals surface area contributed by atoms with Crippen LogP contribution in [-0.4, -0.2) is 30.8 Å². The highest BCUT2D eigenvalue weighted by atomic mass is 16.3. The van der Waals surface area contributed by atoms with Gasteiger partial charge in [0.05, 0.1) is 0 Å². The lowest BCUT2D eigenvalue weighted by Crippen LogP contribution is -2.42. The maximum atomic E-state index is 9.18. The van der Waals surface area contributed by atoms with E-state index in [9.17, 15) is 5.11 Å². The molecule has 0 unspecified atom stereocenters. The second-order valence-electron chi connectivity index (χ2n) is 6.16. The van der Waals surface area contributed by atoms with Crippen molar-refractivity contribution in [1.29, 1.82) is 0 Å². The first-order chi connectivity index (χ1) is 10.3. The summed E-state index contributed by atoms with van der Waals surface area (Å²) in [5, 5.41) is 12.7. The van der Waals surface area contributed by atoms with Crippen LogP contribution in [0.1, 0.15) is 50.2 Å². The Bertz CT molecular complexity index is 429. The number of aliphatic hydroxyl groups is 1. The quantitative estimate of drug-likeness (QED) is 0.685. The molecule has 21 heavy (non-hydrogen) atoms. The Morgan fingerprint density at radius 3 is 2.76 bits per heavy atom. The van der Waals surface area contributed by atoms with E-state index in [1.54, 1.807) is 0 Å². The van der Waals surface area contributed by atoms with Crippen molar-refractivity contribution < 1.29 is 5.11 Å². The van der Waals surface area contributed by atoms with Crippen LogP contribution < -0.4 is 10.2 Å². The van der Waals surface area contributed by atoms with E-state index in [0.29, 0.717) is 6.04 Å². The summed E-state index contributed by atoms with van der Waals surface area (Å²) in [7, 11) is 0. The lowest BCUT2D eigenvalue weighted by Gasteiger charge is -2.40. The van der Waals surface area contributed by atoms with Crippen LogP contribution in [0.5, 0.6) is 0 Å². The maximum absolute atomic E-state index is 9.18. The monoisotopic (exact) mass is 290 g/mol. The second kappa shape index (κ2) is 8.40. The summed E-state index contributed by atoms with van der Waals surface area (Å²) >= 11 is 0. The Morgan fingerprint density at radius 2 is 2.14 bits per heavy atom. The molecule has 0 atom stereocenters. The molecule has 1 saturated carbocycles. The normalized spacial score (nSPS) is 15.0. The average molecular weight is 290 g/mol. The lowest BCUT2D eigenvalue weighted by atomic mass is 9.90. The average Bonchev–Trinajstić information content (AvgIpc) is 2.42. The van der Waals surface area contributed by atoms with Crippen molar-refractivity contribution in [3.8, 4) is 0 Å². The van der Waals surface area contributed by atoms with Crippen molar-refractivity contribution in [2.45, 2.75) is 58.5 Å². The Labute approximate surface area is 129 Å². The van der Waals surface area contributed by atoms with E-state index in [1.807, 2.05) is 0 Å². The molecule has 0 saturated heterocycles. The third-order valence-corrected chi connectivity index (χ3v) is 4.36. The predicted octanol–water partition coefficient (Wildman–Crippen LogP) is 3.24. The van der Waals surface area contributed by atoms with Gasteiger partial charge in [0, 0.05) is 31.4 Å². The van der Waals surface area contributed by atoms with Gasteiger partial charge in [0.15, 0.2) is 0 Å². The van der Waals surface area contributed by atoms with Crippen molar-refractivity contribution in [2.75, 3.05) is 24.6 Å². The third-order valence-electron chi connectivity index (χ3n) is 4.36. The molecule has 2 N–H and O–H groups in total. The number of anilines is 1. The number of nitrogens with zero attached hydrogens (tertiary/aromatic N) is 1. The molecule has 1 aliphatic rings. The van der Waals surface area contributed by atoms with E-state index >= 15 is 0 Å². The van der Waals surface area contributed by atoms with E-state index in [4.69, 9.17) is 0 Å². The van der Waals surface area contributed by atoms with Crippen LogP contribution in [0.2, 0.25) is 0 Å². The van der Waals surface area contributed by atoms with Crippen LogP contribution in [0.4, 0.5) is 5.69 Å². The molecule has 118 valence electrons. The van der Waals surface area contributed by atoms with Gasteiger partial charge in [0.2, 0.25) is 0 Å². The van der Waals surface area contributed by atoms with Gasteiger partial charge in [-0.2, -0.15) is 0 Å². The van der Waals surface area contributed by atoms with Gasteiger partial charge in [-0.3, -0.25) is 0 Å². The zero-order valence-corrected chi connectivity index (χ0v) is 13.6. The van der Waals surface area contributed by atoms with Crippen LogP contribution in [0.3, 0.4) is 0 Å². The highest BCUT2D eigenvalue weighted by molar-refractivity contribution is 5.56. The second-order valence-corrected chi connectivity index (χ2v) is 6.16. The summed E-state index contributed by atoms with van der Waals surface area (Å²) in [5.74, 6) is 0. The van der Waals surface area contributed by atoms with Gasteiger partial charge >= 0.3 is 0 Å². The zero-order chi connectivity index (χ0) is 15.1. The van der Waals surface area contributed by atoms with Crippen molar-refractivity contribution in [3.05, 3.63) is 29.3 Å². The van der Waals surface area contributed by atoms with Gasteiger partial charge in [-0.05, 0) is 57.2 Å².